The van der Waals surface area contributed by atoms with Crippen LogP contribution < -0.4 is 0 Å². The van der Waals surface area contributed by atoms with Gasteiger partial charge in [-0.2, -0.15) is 13.2 Å². The normalized spacial score (nSPS) is 12.0. The molecule has 37 heavy (non-hydrogen) atoms. The molecule has 0 saturated heterocycles. The van der Waals surface area contributed by atoms with Crippen molar-refractivity contribution in [3.05, 3.63) is 89.5 Å². The highest BCUT2D eigenvalue weighted by Gasteiger charge is 2.34. The van der Waals surface area contributed by atoms with Crippen molar-refractivity contribution in [2.45, 2.75) is 27.8 Å². The summed E-state index contributed by atoms with van der Waals surface area (Å²) >= 11 is 0. The average Bonchev–Trinajstić information content (AvgIpc) is 2.72. The Bertz CT molecular complexity index is 1550. The summed E-state index contributed by atoms with van der Waals surface area (Å²) in [6.45, 7) is 1.82. The van der Waals surface area contributed by atoms with Crippen LogP contribution in [0.15, 0.2) is 81.4 Å². The Balaban J connectivity index is 0.000000280. The van der Waals surface area contributed by atoms with E-state index in [0.717, 1.165) is 17.7 Å². The number of hydrogen-bond acceptors (Lipinski definition) is 9. The fraction of sp³-hybridized carbons (Fsp3) is 0.100. The summed E-state index contributed by atoms with van der Waals surface area (Å²) < 4.78 is 154. The summed E-state index contributed by atoms with van der Waals surface area (Å²) in [6, 6.07) is 10.7. The maximum absolute atomic E-state index is 12.5. The molecule has 3 rings (SSSR count). The second kappa shape index (κ2) is 12.1. The first-order valence-corrected chi connectivity index (χ1v) is 13.4. The highest BCUT2D eigenvalue weighted by atomic mass is 32.2. The van der Waals surface area contributed by atoms with Crippen LogP contribution in [0.5, 0.6) is 0 Å². The standard InChI is InChI=1S/C7H5F3O3S.C7H8O3S.C6H4F2O3S/c8-7(9,10)5-3-1-2-4-6(5)14(11,12)13;1-6-2-4-7(5-3-6)11(8,9)10;7-4-1-2-6(5(8)3-4)12(9,10)11/h1-4H,(H,11,12,13);2-5H,1H3,(H,8,9,10);1-3H,(H,9,10,11)/p-3. The van der Waals surface area contributed by atoms with E-state index in [1.807, 2.05) is 6.92 Å². The van der Waals surface area contributed by atoms with E-state index >= 15 is 0 Å². The minimum absolute atomic E-state index is 0.178. The van der Waals surface area contributed by atoms with Crippen LogP contribution >= 0.6 is 0 Å². The van der Waals surface area contributed by atoms with Gasteiger partial charge in [-0.15, -0.1) is 0 Å². The third-order valence-electron chi connectivity index (χ3n) is 3.93. The van der Waals surface area contributed by atoms with Gasteiger partial charge in [-0.25, -0.2) is 34.0 Å². The van der Waals surface area contributed by atoms with Gasteiger partial charge >= 0.3 is 6.18 Å². The van der Waals surface area contributed by atoms with E-state index < -0.39 is 63.5 Å². The lowest BCUT2D eigenvalue weighted by atomic mass is 10.2. The van der Waals surface area contributed by atoms with Gasteiger partial charge in [0, 0.05) is 6.07 Å². The van der Waals surface area contributed by atoms with E-state index in [2.05, 4.69) is 0 Å². The second-order valence-corrected chi connectivity index (χ2v) is 10.8. The number of hydrogen-bond donors (Lipinski definition) is 0. The summed E-state index contributed by atoms with van der Waals surface area (Å²) in [7, 11) is -14.2. The third-order valence-corrected chi connectivity index (χ3v) is 6.55. The molecule has 0 aliphatic rings. The number of aryl methyl sites for hydroxylation is 1. The molecule has 0 atom stereocenters. The van der Waals surface area contributed by atoms with Crippen LogP contribution in [0.25, 0.3) is 0 Å². The van der Waals surface area contributed by atoms with E-state index in [-0.39, 0.29) is 4.90 Å². The van der Waals surface area contributed by atoms with Crippen LogP contribution in [0.2, 0.25) is 0 Å². The van der Waals surface area contributed by atoms with Gasteiger partial charge in [0.05, 0.1) is 20.2 Å². The van der Waals surface area contributed by atoms with Crippen LogP contribution in [-0.4, -0.2) is 38.9 Å². The lowest BCUT2D eigenvalue weighted by Gasteiger charge is -2.14. The fourth-order valence-electron chi connectivity index (χ4n) is 2.30. The maximum Gasteiger partial charge on any atom is 0.417 e. The number of rotatable bonds is 3. The van der Waals surface area contributed by atoms with E-state index in [1.54, 1.807) is 12.1 Å². The Labute approximate surface area is 208 Å². The molecule has 3 aromatic rings. The maximum atomic E-state index is 12.5. The topological polar surface area (TPSA) is 172 Å². The summed E-state index contributed by atoms with van der Waals surface area (Å²) in [4.78, 5) is -2.46. The second-order valence-electron chi connectivity index (χ2n) is 6.74. The van der Waals surface area contributed by atoms with Crippen molar-refractivity contribution in [1.29, 1.82) is 0 Å². The first-order valence-electron chi connectivity index (χ1n) is 9.19. The minimum atomic E-state index is -5.09. The predicted octanol–water partition coefficient (Wildman–Crippen LogP) is 3.38. The molecule has 0 spiro atoms. The van der Waals surface area contributed by atoms with Gasteiger partial charge in [0.2, 0.25) is 0 Å². The molecule has 0 aliphatic heterocycles. The molecule has 0 saturated carbocycles. The molecule has 0 heterocycles. The van der Waals surface area contributed by atoms with Gasteiger partial charge in [0.15, 0.2) is 0 Å². The average molecular weight is 590 g/mol. The first kappa shape index (κ1) is 32.1. The molecule has 9 nitrogen and oxygen atoms in total. The first-order chi connectivity index (χ1) is 16.6. The van der Waals surface area contributed by atoms with Gasteiger partial charge in [0.25, 0.3) is 0 Å². The van der Waals surface area contributed by atoms with Crippen LogP contribution in [0, 0.1) is 18.6 Å². The minimum Gasteiger partial charge on any atom is -0.744 e. The Morgan fingerprint density at radius 2 is 1.14 bits per heavy atom. The zero-order valence-electron chi connectivity index (χ0n) is 18.1. The molecule has 3 aromatic carbocycles. The van der Waals surface area contributed by atoms with Crippen molar-refractivity contribution >= 4 is 30.4 Å². The van der Waals surface area contributed by atoms with Crippen molar-refractivity contribution in [3.63, 3.8) is 0 Å². The quantitative estimate of drug-likeness (QED) is 0.328. The molecule has 204 valence electrons. The van der Waals surface area contributed by atoms with E-state index in [4.69, 9.17) is 0 Å². The van der Waals surface area contributed by atoms with Gasteiger partial charge < -0.3 is 13.7 Å². The molecule has 0 aliphatic carbocycles. The molecule has 0 bridgehead atoms. The van der Waals surface area contributed by atoms with Crippen LogP contribution in [0.1, 0.15) is 11.1 Å². The Hall–Kier alpha value is -2.96. The van der Waals surface area contributed by atoms with E-state index in [1.165, 1.54) is 12.1 Å². The fourth-order valence-corrected chi connectivity index (χ4v) is 4.00. The zero-order valence-corrected chi connectivity index (χ0v) is 20.6. The van der Waals surface area contributed by atoms with Crippen molar-refractivity contribution in [1.82, 2.24) is 0 Å². The monoisotopic (exact) mass is 589 g/mol. The number of halogens is 5. The highest BCUT2D eigenvalue weighted by Crippen LogP contribution is 2.33. The van der Waals surface area contributed by atoms with E-state index in [0.29, 0.717) is 30.3 Å². The number of benzene rings is 3. The summed E-state index contributed by atoms with van der Waals surface area (Å²) in [5, 5.41) is 0. The smallest absolute Gasteiger partial charge is 0.417 e. The molecular weight excluding hydrogens is 575 g/mol. The van der Waals surface area contributed by atoms with Crippen LogP contribution in [0.4, 0.5) is 22.0 Å². The van der Waals surface area contributed by atoms with Crippen molar-refractivity contribution in [2.24, 2.45) is 0 Å². The predicted molar refractivity (Wildman–Crippen MR) is 113 cm³/mol. The van der Waals surface area contributed by atoms with Crippen molar-refractivity contribution < 1.29 is 60.9 Å². The Morgan fingerprint density at radius 3 is 1.51 bits per heavy atom. The summed E-state index contributed by atoms with van der Waals surface area (Å²) in [6.07, 6.45) is -4.84. The molecule has 0 N–H and O–H groups in total. The van der Waals surface area contributed by atoms with Crippen LogP contribution in [0.3, 0.4) is 0 Å². The molecule has 0 unspecified atom stereocenters. The Morgan fingerprint density at radius 1 is 0.649 bits per heavy atom. The molecular formula is C20H14F5O9S3-3. The largest absolute Gasteiger partial charge is 0.744 e. The zero-order chi connectivity index (χ0) is 28.8. The van der Waals surface area contributed by atoms with Crippen LogP contribution in [-0.2, 0) is 36.5 Å². The highest BCUT2D eigenvalue weighted by molar-refractivity contribution is 7.86. The van der Waals surface area contributed by atoms with E-state index in [9.17, 15) is 60.9 Å². The Kier molecular flexibility index (Phi) is 10.4. The van der Waals surface area contributed by atoms with Gasteiger partial charge in [-0.3, -0.25) is 0 Å². The molecule has 0 radical (unpaired) electrons. The molecule has 0 amide bonds. The third kappa shape index (κ3) is 10.5. The van der Waals surface area contributed by atoms with Gasteiger partial charge in [-0.05, 0) is 43.3 Å². The van der Waals surface area contributed by atoms with Crippen molar-refractivity contribution in [3.8, 4) is 0 Å². The van der Waals surface area contributed by atoms with Gasteiger partial charge in [-0.1, -0.05) is 29.8 Å². The number of alkyl halides is 3. The summed E-state index contributed by atoms with van der Waals surface area (Å²) in [5.74, 6) is -2.30. The SMILES string of the molecule is Cc1ccc(S(=O)(=O)[O-])cc1.O=S(=O)([O-])c1ccc(F)cc1F.O=S(=O)([O-])c1ccccc1C(F)(F)F. The lowest BCUT2D eigenvalue weighted by Crippen LogP contribution is -2.12. The molecule has 0 fully saturated rings. The summed E-state index contributed by atoms with van der Waals surface area (Å²) in [5.41, 5.74) is -0.507. The molecule has 17 heteroatoms. The van der Waals surface area contributed by atoms with Gasteiger partial charge in [0.1, 0.15) is 42.0 Å². The molecule has 0 aromatic heterocycles. The lowest BCUT2D eigenvalue weighted by molar-refractivity contribution is -0.140. The van der Waals surface area contributed by atoms with Crippen molar-refractivity contribution in [2.75, 3.05) is 0 Å².